The normalized spacial score (nSPS) is 25.2. The fraction of sp³-hybridized carbons (Fsp3) is 0.765. The summed E-state index contributed by atoms with van der Waals surface area (Å²) in [5, 5.41) is 0. The lowest BCUT2D eigenvalue weighted by Crippen LogP contribution is -2.49. The smallest absolute Gasteiger partial charge is 0.239 e. The van der Waals surface area contributed by atoms with Gasteiger partial charge in [-0.3, -0.25) is 9.69 Å². The van der Waals surface area contributed by atoms with Crippen molar-refractivity contribution >= 4 is 5.91 Å². The van der Waals surface area contributed by atoms with E-state index in [4.69, 9.17) is 0 Å². The van der Waals surface area contributed by atoms with Crippen LogP contribution in [0.1, 0.15) is 50.3 Å². The van der Waals surface area contributed by atoms with E-state index < -0.39 is 0 Å². The molecule has 3 heterocycles. The zero-order chi connectivity index (χ0) is 15.5. The summed E-state index contributed by atoms with van der Waals surface area (Å²) in [6.45, 7) is 2.81. The molecule has 0 bridgehead atoms. The molecule has 2 fully saturated rings. The third-order valence-corrected chi connectivity index (χ3v) is 5.34. The van der Waals surface area contributed by atoms with E-state index in [1.54, 1.807) is 0 Å². The Kier molecular flexibility index (Phi) is 4.81. The molecule has 2 aliphatic heterocycles. The van der Waals surface area contributed by atoms with Crippen LogP contribution >= 0.6 is 0 Å². The van der Waals surface area contributed by atoms with Gasteiger partial charge in [-0.05, 0) is 39.3 Å². The quantitative estimate of drug-likeness (QED) is 0.839. The Balaban J connectivity index is 1.58. The molecule has 1 atom stereocenters. The lowest BCUT2D eigenvalue weighted by molar-refractivity contribution is -0.137. The number of amides is 1. The van der Waals surface area contributed by atoms with Gasteiger partial charge in [0.2, 0.25) is 5.91 Å². The van der Waals surface area contributed by atoms with Crippen LogP contribution in [0.2, 0.25) is 0 Å². The summed E-state index contributed by atoms with van der Waals surface area (Å²) in [6, 6.07) is 0.104. The van der Waals surface area contributed by atoms with Crippen molar-refractivity contribution in [1.82, 2.24) is 19.4 Å². The summed E-state index contributed by atoms with van der Waals surface area (Å²) in [4.78, 5) is 21.7. The van der Waals surface area contributed by atoms with Crippen LogP contribution in [0.4, 0.5) is 0 Å². The fourth-order valence-electron chi connectivity index (χ4n) is 3.90. The summed E-state index contributed by atoms with van der Waals surface area (Å²) in [6.07, 6.45) is 10.6. The third kappa shape index (κ3) is 3.19. The van der Waals surface area contributed by atoms with E-state index in [9.17, 15) is 4.79 Å². The minimum absolute atomic E-state index is 0.104. The van der Waals surface area contributed by atoms with E-state index in [0.717, 1.165) is 38.9 Å². The molecule has 1 aromatic heterocycles. The van der Waals surface area contributed by atoms with Gasteiger partial charge in [0, 0.05) is 38.4 Å². The maximum Gasteiger partial charge on any atom is 0.239 e. The summed E-state index contributed by atoms with van der Waals surface area (Å²) in [7, 11) is 4.16. The highest BCUT2D eigenvalue weighted by atomic mass is 16.2. The Morgan fingerprint density at radius 2 is 1.86 bits per heavy atom. The summed E-state index contributed by atoms with van der Waals surface area (Å²) < 4.78 is 2.11. The monoisotopic (exact) mass is 304 g/mol. The van der Waals surface area contributed by atoms with Crippen LogP contribution in [0.15, 0.2) is 12.4 Å². The predicted molar refractivity (Wildman–Crippen MR) is 86.6 cm³/mol. The number of piperidine rings is 1. The largest absolute Gasteiger partial charge is 0.341 e. The number of nitrogens with zero attached hydrogens (tertiary/aromatic N) is 4. The molecule has 5 heteroatoms. The van der Waals surface area contributed by atoms with Gasteiger partial charge in [0.05, 0.1) is 6.04 Å². The van der Waals surface area contributed by atoms with Crippen LogP contribution in [-0.2, 0) is 11.8 Å². The van der Waals surface area contributed by atoms with E-state index in [1.807, 2.05) is 12.4 Å². The average Bonchev–Trinajstić information content (AvgIpc) is 2.84. The second-order valence-corrected chi connectivity index (χ2v) is 6.84. The maximum atomic E-state index is 12.8. The molecule has 2 aliphatic rings. The first kappa shape index (κ1) is 15.5. The molecular weight excluding hydrogens is 276 g/mol. The molecule has 0 saturated carbocycles. The van der Waals surface area contributed by atoms with E-state index in [2.05, 4.69) is 33.4 Å². The van der Waals surface area contributed by atoms with E-state index >= 15 is 0 Å². The lowest BCUT2D eigenvalue weighted by Gasteiger charge is -2.36. The molecule has 1 amide bonds. The third-order valence-electron chi connectivity index (χ3n) is 5.34. The van der Waals surface area contributed by atoms with Gasteiger partial charge in [-0.25, -0.2) is 4.98 Å². The molecule has 5 nitrogen and oxygen atoms in total. The average molecular weight is 304 g/mol. The van der Waals surface area contributed by atoms with Crippen LogP contribution in [-0.4, -0.2) is 58.0 Å². The Morgan fingerprint density at radius 1 is 1.09 bits per heavy atom. The number of hydrogen-bond donors (Lipinski definition) is 0. The Morgan fingerprint density at radius 3 is 2.55 bits per heavy atom. The molecule has 0 unspecified atom stereocenters. The topological polar surface area (TPSA) is 41.4 Å². The molecule has 0 N–H and O–H groups in total. The minimum Gasteiger partial charge on any atom is -0.341 e. The van der Waals surface area contributed by atoms with Crippen molar-refractivity contribution in [1.29, 1.82) is 0 Å². The number of carbonyl (C=O) groups excluding carboxylic acids is 1. The van der Waals surface area contributed by atoms with Crippen molar-refractivity contribution in [3.05, 3.63) is 18.2 Å². The van der Waals surface area contributed by atoms with Crippen molar-refractivity contribution in [2.24, 2.45) is 7.05 Å². The molecule has 1 aromatic rings. The number of likely N-dealkylation sites (N-methyl/N-ethyl adjacent to an activating group) is 1. The number of likely N-dealkylation sites (tertiary alicyclic amines) is 2. The molecule has 0 spiro atoms. The van der Waals surface area contributed by atoms with E-state index in [0.29, 0.717) is 11.8 Å². The molecule has 0 radical (unpaired) electrons. The van der Waals surface area contributed by atoms with Crippen LogP contribution < -0.4 is 0 Å². The van der Waals surface area contributed by atoms with Gasteiger partial charge in [0.15, 0.2) is 0 Å². The van der Waals surface area contributed by atoms with Gasteiger partial charge in [-0.2, -0.15) is 0 Å². The van der Waals surface area contributed by atoms with Crippen LogP contribution in [0.5, 0.6) is 0 Å². The Labute approximate surface area is 133 Å². The summed E-state index contributed by atoms with van der Waals surface area (Å²) >= 11 is 0. The maximum absolute atomic E-state index is 12.8. The van der Waals surface area contributed by atoms with Gasteiger partial charge in [0.25, 0.3) is 0 Å². The van der Waals surface area contributed by atoms with Crippen LogP contribution in [0, 0.1) is 0 Å². The number of carbonyl (C=O) groups is 1. The minimum atomic E-state index is 0.104. The molecule has 0 aliphatic carbocycles. The number of rotatable bonds is 2. The lowest BCUT2D eigenvalue weighted by atomic mass is 9.95. The van der Waals surface area contributed by atoms with Crippen molar-refractivity contribution < 1.29 is 4.79 Å². The number of imidazole rings is 1. The molecule has 2 saturated heterocycles. The molecular formula is C17H28N4O. The van der Waals surface area contributed by atoms with Crippen molar-refractivity contribution in [2.45, 2.75) is 50.5 Å². The van der Waals surface area contributed by atoms with E-state index in [-0.39, 0.29) is 6.04 Å². The SMILES string of the molecule is CN1CCCCC[C@@H]1C(=O)N1CCC(c2nccn2C)CC1. The van der Waals surface area contributed by atoms with Gasteiger partial charge >= 0.3 is 0 Å². The van der Waals surface area contributed by atoms with Crippen molar-refractivity contribution in [2.75, 3.05) is 26.7 Å². The van der Waals surface area contributed by atoms with Crippen molar-refractivity contribution in [3.8, 4) is 0 Å². The Hall–Kier alpha value is -1.36. The first-order chi connectivity index (χ1) is 10.7. The fourth-order valence-corrected chi connectivity index (χ4v) is 3.90. The van der Waals surface area contributed by atoms with Gasteiger partial charge in [0.1, 0.15) is 5.82 Å². The van der Waals surface area contributed by atoms with Gasteiger partial charge in [-0.15, -0.1) is 0 Å². The first-order valence-corrected chi connectivity index (χ1v) is 8.63. The van der Waals surface area contributed by atoms with E-state index in [1.165, 1.54) is 25.1 Å². The highest BCUT2D eigenvalue weighted by Crippen LogP contribution is 2.27. The predicted octanol–water partition coefficient (Wildman–Crippen LogP) is 2.00. The Bertz CT molecular complexity index is 505. The molecule has 122 valence electrons. The number of aryl methyl sites for hydroxylation is 1. The highest BCUT2D eigenvalue weighted by molar-refractivity contribution is 5.82. The van der Waals surface area contributed by atoms with Gasteiger partial charge in [-0.1, -0.05) is 12.8 Å². The highest BCUT2D eigenvalue weighted by Gasteiger charge is 2.32. The molecule has 3 rings (SSSR count). The molecule has 0 aromatic carbocycles. The van der Waals surface area contributed by atoms with Crippen molar-refractivity contribution in [3.63, 3.8) is 0 Å². The molecule has 22 heavy (non-hydrogen) atoms. The number of hydrogen-bond acceptors (Lipinski definition) is 3. The second kappa shape index (κ2) is 6.82. The first-order valence-electron chi connectivity index (χ1n) is 8.63. The van der Waals surface area contributed by atoms with Crippen LogP contribution in [0.25, 0.3) is 0 Å². The second-order valence-electron chi connectivity index (χ2n) is 6.84. The van der Waals surface area contributed by atoms with Gasteiger partial charge < -0.3 is 9.47 Å². The standard InChI is InChI=1S/C17H28N4O/c1-19-10-5-3-4-6-15(19)17(22)21-11-7-14(8-12-21)16-18-9-13-20(16)2/h9,13-15H,3-8,10-12H2,1-2H3/t15-/m1/s1. The summed E-state index contributed by atoms with van der Waals surface area (Å²) in [5.41, 5.74) is 0. The van der Waals surface area contributed by atoms with Crippen LogP contribution in [0.3, 0.4) is 0 Å². The number of aromatic nitrogens is 2. The summed E-state index contributed by atoms with van der Waals surface area (Å²) in [5.74, 6) is 2.01. The zero-order valence-corrected chi connectivity index (χ0v) is 13.9. The zero-order valence-electron chi connectivity index (χ0n) is 13.9.